The number of nitrogens with one attached hydrogen (secondary N) is 2. The lowest BCUT2D eigenvalue weighted by Gasteiger charge is -2.28. The first-order valence-electron chi connectivity index (χ1n) is 7.00. The number of likely N-dealkylation sites (N-methyl/N-ethyl adjacent to an activating group) is 1. The fourth-order valence-electron chi connectivity index (χ4n) is 1.90. The molecule has 0 radical (unpaired) electrons. The third-order valence-electron chi connectivity index (χ3n) is 2.81. The van der Waals surface area contributed by atoms with E-state index in [1.165, 1.54) is 11.9 Å². The normalized spacial score (nSPS) is 12.7. The van der Waals surface area contributed by atoms with Crippen molar-refractivity contribution in [1.29, 1.82) is 0 Å². The Morgan fingerprint density at radius 3 is 2.19 bits per heavy atom. The second kappa shape index (κ2) is 8.17. The third kappa shape index (κ3) is 7.84. The molecule has 1 amide bonds. The van der Waals surface area contributed by atoms with Crippen LogP contribution in [0.15, 0.2) is 0 Å². The maximum absolute atomic E-state index is 12.0. The van der Waals surface area contributed by atoms with Gasteiger partial charge in [-0.3, -0.25) is 4.79 Å². The van der Waals surface area contributed by atoms with Crippen molar-refractivity contribution >= 4 is 29.2 Å². The van der Waals surface area contributed by atoms with Gasteiger partial charge in [-0.1, -0.05) is 13.8 Å². The minimum absolute atomic E-state index is 0.142. The Balaban J connectivity index is 4.32. The zero-order chi connectivity index (χ0) is 16.8. The highest BCUT2D eigenvalue weighted by molar-refractivity contribution is 7.80. The van der Waals surface area contributed by atoms with Crippen LogP contribution in [0.4, 0.5) is 0 Å². The molecule has 0 saturated heterocycles. The van der Waals surface area contributed by atoms with E-state index < -0.39 is 12.0 Å². The summed E-state index contributed by atoms with van der Waals surface area (Å²) in [6.45, 7) is 9.89. The molecule has 0 aromatic heterocycles. The molecule has 0 fully saturated rings. The van der Waals surface area contributed by atoms with Crippen LogP contribution in [-0.4, -0.2) is 52.2 Å². The number of hydrogen-bond acceptors (Lipinski definition) is 3. The summed E-state index contributed by atoms with van der Waals surface area (Å²) < 4.78 is 0. The molecule has 0 heterocycles. The maximum Gasteiger partial charge on any atom is 0.326 e. The molecule has 0 aliphatic heterocycles. The van der Waals surface area contributed by atoms with Crippen molar-refractivity contribution in [3.63, 3.8) is 0 Å². The Hall–Kier alpha value is -1.37. The van der Waals surface area contributed by atoms with Gasteiger partial charge >= 0.3 is 5.97 Å². The monoisotopic (exact) mass is 317 g/mol. The lowest BCUT2D eigenvalue weighted by atomic mass is 10.0. The number of carboxylic acid groups (broad SMARTS) is 1. The highest BCUT2D eigenvalue weighted by Crippen LogP contribution is 2.10. The summed E-state index contributed by atoms with van der Waals surface area (Å²) >= 11 is 5.11. The maximum atomic E-state index is 12.0. The van der Waals surface area contributed by atoms with Crippen LogP contribution in [0.25, 0.3) is 0 Å². The number of carboxylic acids is 1. The number of rotatable bonds is 6. The SMILES string of the molecule is CC(C)[C@@H](C(=O)O)N(C)C(=O)CCNC(=S)NC(C)(C)C. The number of hydrogen-bond donors (Lipinski definition) is 3. The van der Waals surface area contributed by atoms with E-state index in [-0.39, 0.29) is 23.8 Å². The molecule has 3 N–H and O–H groups in total. The Bertz CT molecular complexity index is 391. The van der Waals surface area contributed by atoms with E-state index in [0.717, 1.165) is 0 Å². The minimum Gasteiger partial charge on any atom is -0.480 e. The molecule has 0 unspecified atom stereocenters. The summed E-state index contributed by atoms with van der Waals surface area (Å²) in [5.41, 5.74) is -0.142. The summed E-state index contributed by atoms with van der Waals surface area (Å²) in [6.07, 6.45) is 0.193. The van der Waals surface area contributed by atoms with Crippen molar-refractivity contribution in [3.8, 4) is 0 Å². The van der Waals surface area contributed by atoms with Crippen molar-refractivity contribution in [2.45, 2.75) is 52.6 Å². The standard InChI is InChI=1S/C14H27N3O3S/c1-9(2)11(12(19)20)17(6)10(18)7-8-15-13(21)16-14(3,4)5/h9,11H,7-8H2,1-6H3,(H,19,20)(H2,15,16,21)/t11-/m0/s1. The van der Waals surface area contributed by atoms with Crippen LogP contribution in [0, 0.1) is 5.92 Å². The van der Waals surface area contributed by atoms with E-state index in [0.29, 0.717) is 11.7 Å². The van der Waals surface area contributed by atoms with E-state index in [9.17, 15) is 9.59 Å². The second-order valence-corrected chi connectivity index (χ2v) is 6.82. The summed E-state index contributed by atoms with van der Waals surface area (Å²) in [4.78, 5) is 24.5. The van der Waals surface area contributed by atoms with E-state index in [2.05, 4.69) is 10.6 Å². The Morgan fingerprint density at radius 2 is 1.81 bits per heavy atom. The second-order valence-electron chi connectivity index (χ2n) is 6.41. The minimum atomic E-state index is -0.987. The topological polar surface area (TPSA) is 81.7 Å². The molecule has 0 aliphatic rings. The van der Waals surface area contributed by atoms with Gasteiger partial charge in [0.2, 0.25) is 5.91 Å². The molecule has 0 saturated carbocycles. The van der Waals surface area contributed by atoms with E-state index in [1.807, 2.05) is 20.8 Å². The first-order valence-corrected chi connectivity index (χ1v) is 7.41. The third-order valence-corrected chi connectivity index (χ3v) is 3.05. The predicted octanol–water partition coefficient (Wildman–Crippen LogP) is 1.21. The lowest BCUT2D eigenvalue weighted by Crippen LogP contribution is -2.48. The number of aliphatic carboxylic acids is 1. The Labute approximate surface area is 132 Å². The quantitative estimate of drug-likeness (QED) is 0.639. The van der Waals surface area contributed by atoms with Crippen LogP contribution in [0.1, 0.15) is 41.0 Å². The number of amides is 1. The van der Waals surface area contributed by atoms with Crippen LogP contribution in [-0.2, 0) is 9.59 Å². The molecule has 0 bridgehead atoms. The van der Waals surface area contributed by atoms with Gasteiger partial charge in [0, 0.05) is 25.6 Å². The van der Waals surface area contributed by atoms with Crippen molar-refractivity contribution in [2.75, 3.05) is 13.6 Å². The van der Waals surface area contributed by atoms with Gasteiger partial charge in [-0.2, -0.15) is 0 Å². The fraction of sp³-hybridized carbons (Fsp3) is 0.786. The summed E-state index contributed by atoms with van der Waals surface area (Å²) in [6, 6.07) is -0.808. The largest absolute Gasteiger partial charge is 0.480 e. The number of carbonyl (C=O) groups excluding carboxylic acids is 1. The molecule has 21 heavy (non-hydrogen) atoms. The zero-order valence-electron chi connectivity index (χ0n) is 13.7. The molecule has 0 aromatic carbocycles. The van der Waals surface area contributed by atoms with Gasteiger partial charge < -0.3 is 20.6 Å². The number of thiocarbonyl (C=S) groups is 1. The van der Waals surface area contributed by atoms with Crippen molar-refractivity contribution in [1.82, 2.24) is 15.5 Å². The van der Waals surface area contributed by atoms with Gasteiger partial charge in [0.25, 0.3) is 0 Å². The van der Waals surface area contributed by atoms with Crippen molar-refractivity contribution < 1.29 is 14.7 Å². The molecule has 6 nitrogen and oxygen atoms in total. The smallest absolute Gasteiger partial charge is 0.326 e. The van der Waals surface area contributed by atoms with Gasteiger partial charge in [-0.15, -0.1) is 0 Å². The van der Waals surface area contributed by atoms with E-state index in [1.54, 1.807) is 13.8 Å². The van der Waals surface area contributed by atoms with E-state index in [4.69, 9.17) is 17.3 Å². The fourth-order valence-corrected chi connectivity index (χ4v) is 2.31. The first-order chi connectivity index (χ1) is 9.45. The molecule has 1 atom stereocenters. The molecule has 122 valence electrons. The molecule has 0 aromatic rings. The molecule has 7 heteroatoms. The van der Waals surface area contributed by atoms with Gasteiger partial charge in [0.05, 0.1) is 0 Å². The summed E-state index contributed by atoms with van der Waals surface area (Å²) in [7, 11) is 1.52. The highest BCUT2D eigenvalue weighted by atomic mass is 32.1. The zero-order valence-corrected chi connectivity index (χ0v) is 14.5. The molecule has 0 spiro atoms. The molecular weight excluding hydrogens is 290 g/mol. The predicted molar refractivity (Wildman–Crippen MR) is 87.1 cm³/mol. The van der Waals surface area contributed by atoms with Crippen LogP contribution < -0.4 is 10.6 Å². The summed E-state index contributed by atoms with van der Waals surface area (Å²) in [5.74, 6) is -1.35. The van der Waals surface area contributed by atoms with E-state index >= 15 is 0 Å². The van der Waals surface area contributed by atoms with Crippen molar-refractivity contribution in [3.05, 3.63) is 0 Å². The van der Waals surface area contributed by atoms with Crippen molar-refractivity contribution in [2.24, 2.45) is 5.92 Å². The van der Waals surface area contributed by atoms with Crippen LogP contribution in [0.2, 0.25) is 0 Å². The Morgan fingerprint density at radius 1 is 1.29 bits per heavy atom. The number of carbonyl (C=O) groups is 2. The lowest BCUT2D eigenvalue weighted by molar-refractivity contribution is -0.150. The van der Waals surface area contributed by atoms with Crippen LogP contribution >= 0.6 is 12.2 Å². The van der Waals surface area contributed by atoms with Gasteiger partial charge in [-0.25, -0.2) is 4.79 Å². The molecular formula is C14H27N3O3S. The van der Waals surface area contributed by atoms with Gasteiger partial charge in [0.1, 0.15) is 6.04 Å². The highest BCUT2D eigenvalue weighted by Gasteiger charge is 2.29. The average molecular weight is 317 g/mol. The van der Waals surface area contributed by atoms with Gasteiger partial charge in [-0.05, 0) is 38.9 Å². The molecule has 0 aliphatic carbocycles. The van der Waals surface area contributed by atoms with Crippen LogP contribution in [0.5, 0.6) is 0 Å². The van der Waals surface area contributed by atoms with Gasteiger partial charge in [0.15, 0.2) is 5.11 Å². The number of nitrogens with zero attached hydrogens (tertiary/aromatic N) is 1. The Kier molecular flexibility index (Phi) is 7.63. The summed E-state index contributed by atoms with van der Waals surface area (Å²) in [5, 5.41) is 15.7. The van der Waals surface area contributed by atoms with Crippen LogP contribution in [0.3, 0.4) is 0 Å². The molecule has 0 rings (SSSR count). The first kappa shape index (κ1) is 19.6. The average Bonchev–Trinajstić information content (AvgIpc) is 2.24.